The molecule has 1 heterocycles. The molecule has 8 heteroatoms. The van der Waals surface area contributed by atoms with Crippen LogP contribution in [-0.4, -0.2) is 58.6 Å². The zero-order valence-corrected chi connectivity index (χ0v) is 13.0. The number of carbonyl (C=O) groups is 1. The molecule has 2 rings (SSSR count). The summed E-state index contributed by atoms with van der Waals surface area (Å²) in [4.78, 5) is 11.2. The van der Waals surface area contributed by atoms with Gasteiger partial charge in [-0.3, -0.25) is 4.79 Å². The normalized spacial score (nSPS) is 31.0. The Morgan fingerprint density at radius 1 is 1.33 bits per heavy atom. The number of carbonyl (C=O) groups excluding carboxylic acids is 1. The van der Waals surface area contributed by atoms with Crippen LogP contribution in [0.5, 0.6) is 0 Å². The Morgan fingerprint density at radius 3 is 2.54 bits per heavy atom. The predicted octanol–water partition coefficient (Wildman–Crippen LogP) is -0.361. The summed E-state index contributed by atoms with van der Waals surface area (Å²) in [7, 11) is 0. The Morgan fingerprint density at radius 2 is 2.00 bits per heavy atom. The maximum Gasteiger partial charge on any atom is 0.303 e. The lowest BCUT2D eigenvalue weighted by atomic mass is 9.98. The fourth-order valence-electron chi connectivity index (χ4n) is 2.44. The van der Waals surface area contributed by atoms with Crippen molar-refractivity contribution in [1.82, 2.24) is 0 Å². The van der Waals surface area contributed by atoms with Crippen LogP contribution in [-0.2, 0) is 19.0 Å². The zero-order chi connectivity index (χ0) is 17.7. The van der Waals surface area contributed by atoms with Crippen molar-refractivity contribution in [3.63, 3.8) is 0 Å². The molecule has 1 aliphatic rings. The topological polar surface area (TPSA) is 129 Å². The SMILES string of the molecule is CC(=O)O[C@@H]1[C@@H](O)[C@H](O[C@@H](C#N)c2ccccc2)O[C@H](CO)[C@H]1O. The number of hydrogen-bond donors (Lipinski definition) is 3. The highest BCUT2D eigenvalue weighted by atomic mass is 16.7. The van der Waals surface area contributed by atoms with Gasteiger partial charge in [-0.05, 0) is 5.56 Å². The average molecular weight is 337 g/mol. The molecule has 1 aromatic carbocycles. The van der Waals surface area contributed by atoms with Crippen LogP contribution in [0, 0.1) is 11.3 Å². The van der Waals surface area contributed by atoms with Gasteiger partial charge in [0.2, 0.25) is 0 Å². The third-order valence-corrected chi connectivity index (χ3v) is 3.61. The molecule has 0 bridgehead atoms. The molecule has 3 N–H and O–H groups in total. The van der Waals surface area contributed by atoms with Crippen molar-refractivity contribution in [1.29, 1.82) is 5.26 Å². The molecule has 1 aliphatic heterocycles. The summed E-state index contributed by atoms with van der Waals surface area (Å²) in [5, 5.41) is 38.9. The maximum atomic E-state index is 11.2. The van der Waals surface area contributed by atoms with Gasteiger partial charge < -0.3 is 29.5 Å². The lowest BCUT2D eigenvalue weighted by Crippen LogP contribution is -2.60. The van der Waals surface area contributed by atoms with E-state index in [1.807, 2.05) is 6.07 Å². The fraction of sp³-hybridized carbons (Fsp3) is 0.500. The van der Waals surface area contributed by atoms with Gasteiger partial charge in [0.1, 0.15) is 18.3 Å². The number of esters is 1. The highest BCUT2D eigenvalue weighted by Crippen LogP contribution is 2.28. The summed E-state index contributed by atoms with van der Waals surface area (Å²) in [6, 6.07) is 10.5. The number of benzene rings is 1. The largest absolute Gasteiger partial charge is 0.457 e. The minimum atomic E-state index is -1.52. The smallest absolute Gasteiger partial charge is 0.303 e. The van der Waals surface area contributed by atoms with Crippen LogP contribution in [0.4, 0.5) is 0 Å². The summed E-state index contributed by atoms with van der Waals surface area (Å²) >= 11 is 0. The van der Waals surface area contributed by atoms with Crippen LogP contribution in [0.3, 0.4) is 0 Å². The monoisotopic (exact) mass is 337 g/mol. The molecule has 0 unspecified atom stereocenters. The van der Waals surface area contributed by atoms with Crippen molar-refractivity contribution in [2.75, 3.05) is 6.61 Å². The van der Waals surface area contributed by atoms with E-state index in [1.165, 1.54) is 0 Å². The van der Waals surface area contributed by atoms with Gasteiger partial charge in [0.05, 0.1) is 12.7 Å². The molecule has 0 radical (unpaired) electrons. The molecule has 0 aliphatic carbocycles. The number of rotatable bonds is 5. The third kappa shape index (κ3) is 4.08. The minimum absolute atomic E-state index is 0.548. The summed E-state index contributed by atoms with van der Waals surface area (Å²) < 4.78 is 15.7. The van der Waals surface area contributed by atoms with Crippen molar-refractivity contribution in [3.8, 4) is 6.07 Å². The molecule has 1 aromatic rings. The molecule has 0 spiro atoms. The number of nitriles is 1. The van der Waals surface area contributed by atoms with Gasteiger partial charge in [0, 0.05) is 6.92 Å². The van der Waals surface area contributed by atoms with E-state index in [2.05, 4.69) is 0 Å². The Labute approximate surface area is 138 Å². The number of nitrogens with zero attached hydrogens (tertiary/aromatic N) is 1. The summed E-state index contributed by atoms with van der Waals surface area (Å²) in [5.74, 6) is -0.713. The number of ether oxygens (including phenoxy) is 3. The fourth-order valence-corrected chi connectivity index (χ4v) is 2.44. The van der Waals surface area contributed by atoms with Crippen LogP contribution in [0.15, 0.2) is 30.3 Å². The minimum Gasteiger partial charge on any atom is -0.457 e. The molecule has 0 amide bonds. The standard InChI is InChI=1S/C16H19NO7/c1-9(19)22-15-13(20)12(8-18)24-16(14(15)21)23-11(7-17)10-5-3-2-4-6-10/h2-6,11-16,18,20-21H,8H2,1H3/t11-,12+,13+,14+,15-,16+/m0/s1. The molecule has 130 valence electrons. The quantitative estimate of drug-likeness (QED) is 0.621. The van der Waals surface area contributed by atoms with Crippen LogP contribution in [0.1, 0.15) is 18.6 Å². The Bertz CT molecular complexity index is 588. The molecule has 1 fully saturated rings. The highest BCUT2D eigenvalue weighted by molar-refractivity contribution is 5.66. The van der Waals surface area contributed by atoms with E-state index < -0.39 is 49.4 Å². The first-order valence-electron chi connectivity index (χ1n) is 7.37. The maximum absolute atomic E-state index is 11.2. The summed E-state index contributed by atoms with van der Waals surface area (Å²) in [5.41, 5.74) is 0.548. The van der Waals surface area contributed by atoms with Gasteiger partial charge >= 0.3 is 5.97 Å². The Balaban J connectivity index is 2.18. The molecule has 6 atom stereocenters. The van der Waals surface area contributed by atoms with Gasteiger partial charge in [-0.1, -0.05) is 30.3 Å². The first-order valence-corrected chi connectivity index (χ1v) is 7.37. The van der Waals surface area contributed by atoms with E-state index in [0.29, 0.717) is 5.56 Å². The van der Waals surface area contributed by atoms with Gasteiger partial charge in [-0.15, -0.1) is 0 Å². The first kappa shape index (κ1) is 18.3. The van der Waals surface area contributed by atoms with Gasteiger partial charge in [-0.25, -0.2) is 0 Å². The number of aliphatic hydroxyl groups is 3. The molecular formula is C16H19NO7. The van der Waals surface area contributed by atoms with Crippen molar-refractivity contribution < 1.29 is 34.3 Å². The first-order chi connectivity index (χ1) is 11.5. The second-order valence-corrected chi connectivity index (χ2v) is 5.34. The van der Waals surface area contributed by atoms with Crippen molar-refractivity contribution in [3.05, 3.63) is 35.9 Å². The summed E-state index contributed by atoms with van der Waals surface area (Å²) in [6.07, 6.45) is -7.82. The van der Waals surface area contributed by atoms with Crippen LogP contribution < -0.4 is 0 Å². The Kier molecular flexibility index (Phi) is 6.25. The van der Waals surface area contributed by atoms with Crippen molar-refractivity contribution in [2.24, 2.45) is 0 Å². The summed E-state index contributed by atoms with van der Waals surface area (Å²) in [6.45, 7) is 0.550. The number of hydrogen-bond acceptors (Lipinski definition) is 8. The predicted molar refractivity (Wildman–Crippen MR) is 79.2 cm³/mol. The molecular weight excluding hydrogens is 318 g/mol. The second kappa shape index (κ2) is 8.19. The highest BCUT2D eigenvalue weighted by Gasteiger charge is 2.47. The molecule has 8 nitrogen and oxygen atoms in total. The van der Waals surface area contributed by atoms with Crippen molar-refractivity contribution >= 4 is 5.97 Å². The van der Waals surface area contributed by atoms with E-state index in [0.717, 1.165) is 6.92 Å². The van der Waals surface area contributed by atoms with E-state index in [1.54, 1.807) is 30.3 Å². The van der Waals surface area contributed by atoms with Gasteiger partial charge in [-0.2, -0.15) is 5.26 Å². The zero-order valence-electron chi connectivity index (χ0n) is 13.0. The lowest BCUT2D eigenvalue weighted by Gasteiger charge is -2.41. The molecule has 0 saturated carbocycles. The van der Waals surface area contributed by atoms with Crippen molar-refractivity contribution in [2.45, 2.75) is 43.7 Å². The van der Waals surface area contributed by atoms with Gasteiger partial charge in [0.25, 0.3) is 0 Å². The van der Waals surface area contributed by atoms with E-state index in [9.17, 15) is 25.4 Å². The third-order valence-electron chi connectivity index (χ3n) is 3.61. The molecule has 24 heavy (non-hydrogen) atoms. The van der Waals surface area contributed by atoms with E-state index >= 15 is 0 Å². The lowest BCUT2D eigenvalue weighted by molar-refractivity contribution is -0.309. The Hall–Kier alpha value is -2.02. The number of aliphatic hydroxyl groups excluding tert-OH is 3. The van der Waals surface area contributed by atoms with Crippen LogP contribution in [0.2, 0.25) is 0 Å². The van der Waals surface area contributed by atoms with Crippen LogP contribution >= 0.6 is 0 Å². The molecule has 0 aromatic heterocycles. The van der Waals surface area contributed by atoms with E-state index in [4.69, 9.17) is 14.2 Å². The van der Waals surface area contributed by atoms with E-state index in [-0.39, 0.29) is 0 Å². The molecule has 1 saturated heterocycles. The average Bonchev–Trinajstić information content (AvgIpc) is 2.58. The second-order valence-electron chi connectivity index (χ2n) is 5.34. The van der Waals surface area contributed by atoms with Gasteiger partial charge in [0.15, 0.2) is 18.5 Å². The van der Waals surface area contributed by atoms with Crippen LogP contribution in [0.25, 0.3) is 0 Å².